The summed E-state index contributed by atoms with van der Waals surface area (Å²) >= 11 is 0. The Morgan fingerprint density at radius 3 is 2.50 bits per heavy atom. The second kappa shape index (κ2) is 6.01. The maximum Gasteiger partial charge on any atom is 0.242 e. The van der Waals surface area contributed by atoms with Gasteiger partial charge in [-0.2, -0.15) is 0 Å². The largest absolute Gasteiger partial charge is 0.398 e. The number of anilines is 2. The highest BCUT2D eigenvalue weighted by atomic mass is 32.2. The van der Waals surface area contributed by atoms with Crippen molar-refractivity contribution in [1.29, 1.82) is 0 Å². The third-order valence-electron chi connectivity index (χ3n) is 4.11. The van der Waals surface area contributed by atoms with Crippen molar-refractivity contribution in [2.45, 2.75) is 31.1 Å². The van der Waals surface area contributed by atoms with Crippen LogP contribution in [0.15, 0.2) is 23.1 Å². The maximum atomic E-state index is 11.8. The van der Waals surface area contributed by atoms with E-state index in [0.29, 0.717) is 5.69 Å². The van der Waals surface area contributed by atoms with E-state index in [1.54, 1.807) is 12.1 Å². The Kier molecular flexibility index (Phi) is 4.55. The lowest BCUT2D eigenvalue weighted by Crippen LogP contribution is -2.33. The highest BCUT2D eigenvalue weighted by Crippen LogP contribution is 2.28. The Morgan fingerprint density at radius 1 is 1.35 bits per heavy atom. The first kappa shape index (κ1) is 15.1. The molecular formula is C14H23N3O2S. The van der Waals surface area contributed by atoms with Gasteiger partial charge in [-0.15, -0.1) is 0 Å². The number of piperidine rings is 1. The third kappa shape index (κ3) is 3.07. The number of benzene rings is 1. The zero-order chi connectivity index (χ0) is 14.8. The summed E-state index contributed by atoms with van der Waals surface area (Å²) in [5.41, 5.74) is 7.20. The van der Waals surface area contributed by atoms with Crippen LogP contribution >= 0.6 is 0 Å². The SMILES string of the molecule is CCC1CCN(c2ccc(S(=O)(=O)NC)c(N)c2)CC1. The van der Waals surface area contributed by atoms with E-state index in [4.69, 9.17) is 5.73 Å². The molecule has 1 heterocycles. The van der Waals surface area contributed by atoms with Crippen LogP contribution in [-0.4, -0.2) is 28.6 Å². The summed E-state index contributed by atoms with van der Waals surface area (Å²) in [6.45, 7) is 4.25. The zero-order valence-electron chi connectivity index (χ0n) is 12.1. The number of nitrogens with zero attached hydrogens (tertiary/aromatic N) is 1. The smallest absolute Gasteiger partial charge is 0.242 e. The third-order valence-corrected chi connectivity index (χ3v) is 5.60. The summed E-state index contributed by atoms with van der Waals surface area (Å²) in [6, 6.07) is 5.19. The average molecular weight is 297 g/mol. The molecule has 0 amide bonds. The lowest BCUT2D eigenvalue weighted by molar-refractivity contribution is 0.395. The van der Waals surface area contributed by atoms with Crippen LogP contribution in [0.2, 0.25) is 0 Å². The van der Waals surface area contributed by atoms with Crippen LogP contribution < -0.4 is 15.4 Å². The molecule has 1 aliphatic rings. The minimum atomic E-state index is -3.48. The Labute approximate surface area is 121 Å². The van der Waals surface area contributed by atoms with E-state index in [1.165, 1.54) is 26.3 Å². The molecule has 1 saturated heterocycles. The fourth-order valence-electron chi connectivity index (χ4n) is 2.69. The van der Waals surface area contributed by atoms with Crippen molar-refractivity contribution in [3.8, 4) is 0 Å². The molecule has 0 spiro atoms. The molecule has 3 N–H and O–H groups in total. The Balaban J connectivity index is 2.18. The first-order valence-electron chi connectivity index (χ1n) is 7.06. The minimum Gasteiger partial charge on any atom is -0.398 e. The molecule has 0 atom stereocenters. The van der Waals surface area contributed by atoms with Crippen LogP contribution in [0, 0.1) is 5.92 Å². The fourth-order valence-corrected chi connectivity index (χ4v) is 3.52. The Bertz CT molecular complexity index is 564. The van der Waals surface area contributed by atoms with Crippen molar-refractivity contribution in [3.05, 3.63) is 18.2 Å². The van der Waals surface area contributed by atoms with Crippen LogP contribution in [0.25, 0.3) is 0 Å². The van der Waals surface area contributed by atoms with Gasteiger partial charge in [-0.1, -0.05) is 13.3 Å². The maximum absolute atomic E-state index is 11.8. The highest BCUT2D eigenvalue weighted by Gasteiger charge is 2.20. The van der Waals surface area contributed by atoms with Crippen LogP contribution in [-0.2, 0) is 10.0 Å². The van der Waals surface area contributed by atoms with Crippen LogP contribution in [0.3, 0.4) is 0 Å². The van der Waals surface area contributed by atoms with E-state index in [2.05, 4.69) is 16.5 Å². The molecule has 1 fully saturated rings. The second-order valence-electron chi connectivity index (χ2n) is 5.27. The molecule has 0 saturated carbocycles. The number of nitrogens with one attached hydrogen (secondary N) is 1. The van der Waals surface area contributed by atoms with Crippen molar-refractivity contribution in [2.24, 2.45) is 5.92 Å². The average Bonchev–Trinajstić information content (AvgIpc) is 2.47. The number of hydrogen-bond acceptors (Lipinski definition) is 4. The number of sulfonamides is 1. The van der Waals surface area contributed by atoms with Gasteiger partial charge in [0, 0.05) is 18.8 Å². The van der Waals surface area contributed by atoms with Gasteiger partial charge in [0.15, 0.2) is 0 Å². The zero-order valence-corrected chi connectivity index (χ0v) is 12.9. The van der Waals surface area contributed by atoms with Crippen LogP contribution in [0.1, 0.15) is 26.2 Å². The number of nitrogens with two attached hydrogens (primary N) is 1. The van der Waals surface area contributed by atoms with Gasteiger partial charge in [-0.05, 0) is 44.0 Å². The molecule has 0 unspecified atom stereocenters. The molecule has 0 radical (unpaired) electrons. The van der Waals surface area contributed by atoms with E-state index in [1.807, 2.05) is 6.07 Å². The van der Waals surface area contributed by atoms with E-state index in [-0.39, 0.29) is 4.90 Å². The van der Waals surface area contributed by atoms with E-state index in [0.717, 1.165) is 24.7 Å². The summed E-state index contributed by atoms with van der Waals surface area (Å²) in [7, 11) is -2.10. The van der Waals surface area contributed by atoms with Crippen LogP contribution in [0.4, 0.5) is 11.4 Å². The molecule has 1 aromatic carbocycles. The van der Waals surface area contributed by atoms with Gasteiger partial charge >= 0.3 is 0 Å². The summed E-state index contributed by atoms with van der Waals surface area (Å²) in [6.07, 6.45) is 3.61. The summed E-state index contributed by atoms with van der Waals surface area (Å²) in [5.74, 6) is 0.813. The fraction of sp³-hybridized carbons (Fsp3) is 0.571. The highest BCUT2D eigenvalue weighted by molar-refractivity contribution is 7.89. The molecule has 20 heavy (non-hydrogen) atoms. The quantitative estimate of drug-likeness (QED) is 0.831. The molecule has 5 nitrogen and oxygen atoms in total. The summed E-state index contributed by atoms with van der Waals surface area (Å²) < 4.78 is 25.9. The topological polar surface area (TPSA) is 75.4 Å². The molecule has 6 heteroatoms. The van der Waals surface area contributed by atoms with Gasteiger partial charge < -0.3 is 10.6 Å². The van der Waals surface area contributed by atoms with Crippen LogP contribution in [0.5, 0.6) is 0 Å². The minimum absolute atomic E-state index is 0.146. The van der Waals surface area contributed by atoms with Gasteiger partial charge in [0.05, 0.1) is 5.69 Å². The normalized spacial score (nSPS) is 17.4. The van der Waals surface area contributed by atoms with Crippen molar-refractivity contribution >= 4 is 21.4 Å². The molecule has 0 aromatic heterocycles. The van der Waals surface area contributed by atoms with Crippen molar-refractivity contribution in [3.63, 3.8) is 0 Å². The van der Waals surface area contributed by atoms with Gasteiger partial charge in [-0.3, -0.25) is 0 Å². The second-order valence-corrected chi connectivity index (χ2v) is 7.12. The van der Waals surface area contributed by atoms with Gasteiger partial charge in [0.2, 0.25) is 10.0 Å². The molecule has 0 bridgehead atoms. The predicted molar refractivity (Wildman–Crippen MR) is 82.3 cm³/mol. The lowest BCUT2D eigenvalue weighted by atomic mass is 9.94. The monoisotopic (exact) mass is 297 g/mol. The Morgan fingerprint density at radius 2 is 2.00 bits per heavy atom. The predicted octanol–water partition coefficient (Wildman–Crippen LogP) is 1.80. The number of hydrogen-bond donors (Lipinski definition) is 2. The van der Waals surface area contributed by atoms with Gasteiger partial charge in [-0.25, -0.2) is 13.1 Å². The number of rotatable bonds is 4. The summed E-state index contributed by atoms with van der Waals surface area (Å²) in [5, 5.41) is 0. The van der Waals surface area contributed by atoms with E-state index < -0.39 is 10.0 Å². The molecule has 1 aromatic rings. The lowest BCUT2D eigenvalue weighted by Gasteiger charge is -2.33. The number of nitrogen functional groups attached to an aromatic ring is 1. The molecule has 112 valence electrons. The standard InChI is InChI=1S/C14H23N3O2S/c1-3-11-6-8-17(9-7-11)12-4-5-14(13(15)10-12)20(18,19)16-2/h4-5,10-11,16H,3,6-9,15H2,1-2H3. The molecule has 0 aliphatic carbocycles. The summed E-state index contributed by atoms with van der Waals surface area (Å²) in [4.78, 5) is 2.42. The van der Waals surface area contributed by atoms with Gasteiger partial charge in [0.1, 0.15) is 4.90 Å². The van der Waals surface area contributed by atoms with E-state index >= 15 is 0 Å². The first-order chi connectivity index (χ1) is 9.47. The Hall–Kier alpha value is -1.27. The molecule has 2 rings (SSSR count). The van der Waals surface area contributed by atoms with E-state index in [9.17, 15) is 8.42 Å². The van der Waals surface area contributed by atoms with Crippen molar-refractivity contribution < 1.29 is 8.42 Å². The first-order valence-corrected chi connectivity index (χ1v) is 8.54. The van der Waals surface area contributed by atoms with Gasteiger partial charge in [0.25, 0.3) is 0 Å². The molecule has 1 aliphatic heterocycles. The molecular weight excluding hydrogens is 274 g/mol. The van der Waals surface area contributed by atoms with Crippen molar-refractivity contribution in [1.82, 2.24) is 4.72 Å². The van der Waals surface area contributed by atoms with Crippen molar-refractivity contribution in [2.75, 3.05) is 30.8 Å².